The molecule has 3 aliphatic heterocycles. The van der Waals surface area contributed by atoms with Crippen molar-refractivity contribution in [2.45, 2.75) is 75.4 Å². The van der Waals surface area contributed by atoms with Crippen LogP contribution >= 0.6 is 0 Å². The highest BCUT2D eigenvalue weighted by molar-refractivity contribution is 7.90. The van der Waals surface area contributed by atoms with E-state index in [-0.39, 0.29) is 22.5 Å². The number of likely N-dealkylation sites (tertiary alicyclic amines) is 1. The number of aromatic amines is 1. The summed E-state index contributed by atoms with van der Waals surface area (Å²) in [5, 5.41) is 0. The van der Waals surface area contributed by atoms with E-state index >= 15 is 0 Å². The van der Waals surface area contributed by atoms with Crippen molar-refractivity contribution in [3.63, 3.8) is 0 Å². The number of imidazole rings is 1. The highest BCUT2D eigenvalue weighted by atomic mass is 32.2. The summed E-state index contributed by atoms with van der Waals surface area (Å²) in [5.41, 5.74) is 1.43. The van der Waals surface area contributed by atoms with E-state index in [2.05, 4.69) is 23.7 Å². The molecule has 8 nitrogen and oxygen atoms in total. The average Bonchev–Trinajstić information content (AvgIpc) is 3.17. The normalized spacial score (nSPS) is 27.8. The van der Waals surface area contributed by atoms with Crippen LogP contribution in [0.5, 0.6) is 0 Å². The number of hydrogen-bond acceptors (Lipinski definition) is 5. The number of carbonyl (C=O) groups is 1. The van der Waals surface area contributed by atoms with Crippen molar-refractivity contribution in [2.24, 2.45) is 5.41 Å². The van der Waals surface area contributed by atoms with Gasteiger partial charge in [0.05, 0.1) is 22.5 Å². The minimum atomic E-state index is -3.34. The van der Waals surface area contributed by atoms with E-state index in [0.717, 1.165) is 57.1 Å². The first-order valence-corrected chi connectivity index (χ1v) is 13.9. The molecule has 1 aromatic heterocycles. The summed E-state index contributed by atoms with van der Waals surface area (Å²) in [6.07, 6.45) is 7.04. The van der Waals surface area contributed by atoms with E-state index in [0.29, 0.717) is 29.6 Å². The molecule has 2 atom stereocenters. The Hall–Kier alpha value is -2.13. The molecule has 0 radical (unpaired) electrons. The first kappa shape index (κ1) is 22.7. The number of H-pyrrole nitrogens is 1. The Kier molecular flexibility index (Phi) is 5.47. The Balaban J connectivity index is 1.32. The van der Waals surface area contributed by atoms with E-state index in [4.69, 9.17) is 0 Å². The van der Waals surface area contributed by atoms with Gasteiger partial charge < -0.3 is 9.88 Å². The van der Waals surface area contributed by atoms with Gasteiger partial charge in [0, 0.05) is 37.5 Å². The van der Waals surface area contributed by atoms with Crippen LogP contribution in [0.2, 0.25) is 0 Å². The van der Waals surface area contributed by atoms with Crippen LogP contribution < -0.4 is 5.69 Å². The molecule has 33 heavy (non-hydrogen) atoms. The molecule has 3 fully saturated rings. The van der Waals surface area contributed by atoms with Crippen molar-refractivity contribution in [2.75, 3.05) is 25.9 Å². The number of nitrogens with zero attached hydrogens (tertiary/aromatic N) is 3. The van der Waals surface area contributed by atoms with Gasteiger partial charge in [0.25, 0.3) is 0 Å². The van der Waals surface area contributed by atoms with Crippen LogP contribution in [0.3, 0.4) is 0 Å². The molecule has 5 rings (SSSR count). The van der Waals surface area contributed by atoms with Gasteiger partial charge in [-0.15, -0.1) is 0 Å². The second-order valence-electron chi connectivity index (χ2n) is 11.0. The molecule has 3 saturated heterocycles. The van der Waals surface area contributed by atoms with Crippen molar-refractivity contribution in [1.82, 2.24) is 19.4 Å². The lowest BCUT2D eigenvalue weighted by atomic mass is 9.82. The number of amides is 1. The van der Waals surface area contributed by atoms with Crippen LogP contribution in [0.15, 0.2) is 27.9 Å². The number of fused-ring (bicyclic) bond motifs is 3. The van der Waals surface area contributed by atoms with E-state index in [1.165, 1.54) is 6.26 Å². The summed E-state index contributed by atoms with van der Waals surface area (Å²) < 4.78 is 25.6. The molecule has 3 aliphatic rings. The molecule has 2 unspecified atom stereocenters. The van der Waals surface area contributed by atoms with E-state index in [1.807, 2.05) is 4.90 Å². The van der Waals surface area contributed by atoms with Crippen LogP contribution in [-0.2, 0) is 14.6 Å². The summed E-state index contributed by atoms with van der Waals surface area (Å²) in [6, 6.07) is 5.50. The summed E-state index contributed by atoms with van der Waals surface area (Å²) in [5.74, 6) is 0.235. The quantitative estimate of drug-likeness (QED) is 0.735. The lowest BCUT2D eigenvalue weighted by Gasteiger charge is -2.41. The monoisotopic (exact) mass is 474 g/mol. The minimum absolute atomic E-state index is 0.0509. The van der Waals surface area contributed by atoms with Gasteiger partial charge in [-0.25, -0.2) is 13.2 Å². The second kappa shape index (κ2) is 7.98. The van der Waals surface area contributed by atoms with Gasteiger partial charge in [0.2, 0.25) is 5.91 Å². The molecule has 0 spiro atoms. The predicted octanol–water partition coefficient (Wildman–Crippen LogP) is 2.55. The number of benzene rings is 1. The Labute approximate surface area is 194 Å². The number of carbonyl (C=O) groups excluding carboxylic acids is 1. The van der Waals surface area contributed by atoms with Crippen LogP contribution in [0.1, 0.15) is 58.4 Å². The lowest BCUT2D eigenvalue weighted by molar-refractivity contribution is -0.135. The van der Waals surface area contributed by atoms with E-state index in [1.54, 1.807) is 22.8 Å². The van der Waals surface area contributed by atoms with Crippen LogP contribution in [-0.4, -0.2) is 71.6 Å². The molecule has 2 aromatic rings. The Bertz CT molecular complexity index is 1220. The maximum atomic E-state index is 13.0. The number of aromatic nitrogens is 2. The third kappa shape index (κ3) is 4.25. The molecule has 1 N–H and O–H groups in total. The van der Waals surface area contributed by atoms with Crippen LogP contribution in [0.25, 0.3) is 11.0 Å². The molecular formula is C24H34N4O4S. The van der Waals surface area contributed by atoms with Crippen LogP contribution in [0.4, 0.5) is 0 Å². The van der Waals surface area contributed by atoms with Gasteiger partial charge in [-0.2, -0.15) is 0 Å². The number of hydrogen-bond donors (Lipinski definition) is 1. The Morgan fingerprint density at radius 3 is 2.33 bits per heavy atom. The first-order chi connectivity index (χ1) is 15.5. The number of piperidine rings is 2. The number of nitrogens with one attached hydrogen (secondary N) is 1. The zero-order valence-corrected chi connectivity index (χ0v) is 20.5. The highest BCUT2D eigenvalue weighted by Gasteiger charge is 2.43. The van der Waals surface area contributed by atoms with Gasteiger partial charge in [0.15, 0.2) is 9.84 Å². The third-order valence-electron chi connectivity index (χ3n) is 8.13. The molecule has 0 aliphatic carbocycles. The lowest BCUT2D eigenvalue weighted by Crippen LogP contribution is -2.51. The molecule has 4 heterocycles. The molecule has 1 aromatic carbocycles. The number of rotatable bonds is 4. The zero-order valence-electron chi connectivity index (χ0n) is 19.7. The fourth-order valence-corrected chi connectivity index (χ4v) is 6.68. The zero-order chi connectivity index (χ0) is 23.5. The third-order valence-corrected chi connectivity index (χ3v) is 9.24. The summed E-state index contributed by atoms with van der Waals surface area (Å²) in [7, 11) is -3.34. The maximum absolute atomic E-state index is 13.0. The Morgan fingerprint density at radius 1 is 1.09 bits per heavy atom. The smallest absolute Gasteiger partial charge is 0.326 e. The molecule has 0 saturated carbocycles. The fraction of sp³-hybridized carbons (Fsp3) is 0.667. The second-order valence-corrected chi connectivity index (χ2v) is 13.0. The summed E-state index contributed by atoms with van der Waals surface area (Å²) in [4.78, 5) is 33.3. The van der Waals surface area contributed by atoms with E-state index < -0.39 is 9.84 Å². The van der Waals surface area contributed by atoms with E-state index in [9.17, 15) is 18.0 Å². The van der Waals surface area contributed by atoms with Crippen molar-refractivity contribution >= 4 is 26.8 Å². The van der Waals surface area contributed by atoms with Crippen LogP contribution in [0, 0.1) is 5.41 Å². The van der Waals surface area contributed by atoms with Crippen molar-refractivity contribution < 1.29 is 13.2 Å². The highest BCUT2D eigenvalue weighted by Crippen LogP contribution is 2.41. The molecule has 2 bridgehead atoms. The number of sulfone groups is 1. The minimum Gasteiger partial charge on any atom is -0.342 e. The van der Waals surface area contributed by atoms with Crippen molar-refractivity contribution in [3.05, 3.63) is 28.7 Å². The van der Waals surface area contributed by atoms with Crippen molar-refractivity contribution in [1.29, 1.82) is 0 Å². The maximum Gasteiger partial charge on any atom is 0.326 e. The molecular weight excluding hydrogens is 440 g/mol. The topological polar surface area (TPSA) is 95.5 Å². The average molecular weight is 475 g/mol. The standard InChI is InChI=1S/C24H34N4O4S/c1-24(2)8-10-26(11-9-24)22(29)15-27-16-4-5-17(27)13-18(12-16)28-21-7-6-19(33(3,31)32)14-20(21)25-23(28)30/h6-7,14,16-18H,4-5,8-13,15H2,1-3H3,(H,25,30). The molecule has 1 amide bonds. The predicted molar refractivity (Wildman–Crippen MR) is 127 cm³/mol. The summed E-state index contributed by atoms with van der Waals surface area (Å²) in [6.45, 7) is 6.71. The SMILES string of the molecule is CC1(C)CCN(C(=O)CN2C3CCC2CC(n2c(=O)[nH]c4cc(S(C)(=O)=O)ccc42)C3)CC1. The molecule has 180 valence electrons. The van der Waals surface area contributed by atoms with Gasteiger partial charge in [-0.3, -0.25) is 14.3 Å². The largest absolute Gasteiger partial charge is 0.342 e. The Morgan fingerprint density at radius 2 is 1.73 bits per heavy atom. The van der Waals surface area contributed by atoms with Gasteiger partial charge in [0.1, 0.15) is 0 Å². The summed E-state index contributed by atoms with van der Waals surface area (Å²) >= 11 is 0. The van der Waals surface area contributed by atoms with Gasteiger partial charge >= 0.3 is 5.69 Å². The molecule has 9 heteroatoms. The van der Waals surface area contributed by atoms with Crippen molar-refractivity contribution in [3.8, 4) is 0 Å². The van der Waals surface area contributed by atoms with Gasteiger partial charge in [-0.05, 0) is 62.1 Å². The van der Waals surface area contributed by atoms with Gasteiger partial charge in [-0.1, -0.05) is 13.8 Å². The fourth-order valence-electron chi connectivity index (χ4n) is 6.04. The first-order valence-electron chi connectivity index (χ1n) is 12.0.